The van der Waals surface area contributed by atoms with Crippen molar-refractivity contribution in [2.24, 2.45) is 5.10 Å². The molecule has 0 aliphatic heterocycles. The maximum absolute atomic E-state index is 13.8. The van der Waals surface area contributed by atoms with Crippen molar-refractivity contribution in [2.45, 2.75) is 4.90 Å². The molecule has 0 atom stereocenters. The number of hydrogen-bond acceptors (Lipinski definition) is 5. The Morgan fingerprint density at radius 3 is 2.15 bits per heavy atom. The number of carbonyl (C=O) groups is 1. The van der Waals surface area contributed by atoms with E-state index in [9.17, 15) is 13.2 Å². The molecule has 196 valence electrons. The minimum absolute atomic E-state index is 0.0678. The number of fused-ring (bicyclic) bond motifs is 2. The number of ether oxygens (including phenoxy) is 1. The summed E-state index contributed by atoms with van der Waals surface area (Å²) >= 11 is 3.33. The summed E-state index contributed by atoms with van der Waals surface area (Å²) < 4.78 is 34.5. The van der Waals surface area contributed by atoms with Crippen LogP contribution in [0.5, 0.6) is 5.75 Å². The molecule has 0 radical (unpaired) electrons. The van der Waals surface area contributed by atoms with E-state index in [1.807, 2.05) is 48.5 Å². The van der Waals surface area contributed by atoms with Crippen molar-refractivity contribution in [3.63, 3.8) is 0 Å². The number of benzene rings is 5. The number of sulfonamides is 1. The van der Waals surface area contributed by atoms with Crippen molar-refractivity contribution in [2.75, 3.05) is 18.0 Å². The van der Waals surface area contributed by atoms with Gasteiger partial charge in [0.05, 0.1) is 19.0 Å². The maximum atomic E-state index is 13.8. The molecule has 0 bridgehead atoms. The van der Waals surface area contributed by atoms with Gasteiger partial charge in [-0.25, -0.2) is 13.8 Å². The highest BCUT2D eigenvalue weighted by Crippen LogP contribution is 2.32. The van der Waals surface area contributed by atoms with Crippen LogP contribution in [0, 0.1) is 0 Å². The van der Waals surface area contributed by atoms with Crippen LogP contribution in [0.1, 0.15) is 5.56 Å². The van der Waals surface area contributed by atoms with E-state index < -0.39 is 22.5 Å². The third kappa shape index (κ3) is 5.50. The van der Waals surface area contributed by atoms with E-state index in [2.05, 4.69) is 32.5 Å². The molecule has 0 unspecified atom stereocenters. The predicted molar refractivity (Wildman–Crippen MR) is 159 cm³/mol. The van der Waals surface area contributed by atoms with Gasteiger partial charge in [-0.15, -0.1) is 0 Å². The first-order valence-corrected chi connectivity index (χ1v) is 14.3. The Morgan fingerprint density at radius 1 is 0.897 bits per heavy atom. The van der Waals surface area contributed by atoms with Crippen LogP contribution in [0.3, 0.4) is 0 Å². The number of carbonyl (C=O) groups excluding carboxylic acids is 1. The number of nitrogens with zero attached hydrogens (tertiary/aromatic N) is 2. The summed E-state index contributed by atoms with van der Waals surface area (Å²) in [6, 6.07) is 31.1. The van der Waals surface area contributed by atoms with Gasteiger partial charge in [0.25, 0.3) is 15.9 Å². The first kappa shape index (κ1) is 26.4. The van der Waals surface area contributed by atoms with Gasteiger partial charge in [0.15, 0.2) is 0 Å². The molecule has 5 rings (SSSR count). The SMILES string of the molecule is COc1ccc(Br)cc1S(=O)(=O)N(CC(=O)N/N=C\c1c2ccccc2cc2ccccc12)c1ccccc1. The lowest BCUT2D eigenvalue weighted by Gasteiger charge is -2.24. The van der Waals surface area contributed by atoms with E-state index in [1.165, 1.54) is 13.2 Å². The summed E-state index contributed by atoms with van der Waals surface area (Å²) in [5.41, 5.74) is 3.70. The van der Waals surface area contributed by atoms with E-state index in [1.54, 1.807) is 48.7 Å². The van der Waals surface area contributed by atoms with Crippen LogP contribution in [0.15, 0.2) is 118 Å². The molecular weight excluding hydrogens is 578 g/mol. The van der Waals surface area contributed by atoms with Crippen LogP contribution in [-0.2, 0) is 14.8 Å². The Hall–Kier alpha value is -4.21. The van der Waals surface area contributed by atoms with Gasteiger partial charge in [0.2, 0.25) is 0 Å². The minimum atomic E-state index is -4.18. The Balaban J connectivity index is 1.46. The lowest BCUT2D eigenvalue weighted by molar-refractivity contribution is -0.119. The number of hydrazone groups is 1. The summed E-state index contributed by atoms with van der Waals surface area (Å²) in [6.45, 7) is -0.490. The van der Waals surface area contributed by atoms with Gasteiger partial charge in [-0.3, -0.25) is 9.10 Å². The summed E-state index contributed by atoms with van der Waals surface area (Å²) in [4.78, 5) is 13.0. The van der Waals surface area contributed by atoms with Crippen molar-refractivity contribution >= 4 is 65.3 Å². The molecule has 5 aromatic carbocycles. The molecule has 0 saturated heterocycles. The maximum Gasteiger partial charge on any atom is 0.268 e. The van der Waals surface area contributed by atoms with Crippen LogP contribution >= 0.6 is 15.9 Å². The Morgan fingerprint density at radius 2 is 1.51 bits per heavy atom. The van der Waals surface area contributed by atoms with E-state index in [-0.39, 0.29) is 10.6 Å². The van der Waals surface area contributed by atoms with Crippen molar-refractivity contribution in [3.05, 3.63) is 113 Å². The van der Waals surface area contributed by atoms with Gasteiger partial charge >= 0.3 is 0 Å². The fourth-order valence-corrected chi connectivity index (χ4v) is 6.52. The molecule has 0 fully saturated rings. The zero-order valence-electron chi connectivity index (χ0n) is 20.9. The number of methoxy groups -OCH3 is 1. The monoisotopic (exact) mass is 601 g/mol. The smallest absolute Gasteiger partial charge is 0.268 e. The molecule has 0 saturated carbocycles. The highest BCUT2D eigenvalue weighted by atomic mass is 79.9. The number of amides is 1. The number of para-hydroxylation sites is 1. The predicted octanol–water partition coefficient (Wildman–Crippen LogP) is 6.11. The van der Waals surface area contributed by atoms with Crippen molar-refractivity contribution < 1.29 is 17.9 Å². The third-order valence-corrected chi connectivity index (χ3v) is 8.51. The molecular formula is C30H24BrN3O4S. The molecule has 0 spiro atoms. The average Bonchev–Trinajstić information content (AvgIpc) is 2.96. The second-order valence-corrected chi connectivity index (χ2v) is 11.4. The summed E-state index contributed by atoms with van der Waals surface area (Å²) in [6.07, 6.45) is 1.60. The molecule has 1 N–H and O–H groups in total. The lowest BCUT2D eigenvalue weighted by atomic mass is 9.97. The second-order valence-electron chi connectivity index (χ2n) is 8.67. The normalized spacial score (nSPS) is 11.6. The number of rotatable bonds is 8. The van der Waals surface area contributed by atoms with E-state index in [0.29, 0.717) is 10.2 Å². The molecule has 7 nitrogen and oxygen atoms in total. The quantitative estimate of drug-likeness (QED) is 0.132. The van der Waals surface area contributed by atoms with Crippen LogP contribution < -0.4 is 14.5 Å². The topological polar surface area (TPSA) is 88.1 Å². The van der Waals surface area contributed by atoms with E-state index in [4.69, 9.17) is 4.74 Å². The van der Waals surface area contributed by atoms with E-state index >= 15 is 0 Å². The summed E-state index contributed by atoms with van der Waals surface area (Å²) in [5, 5.41) is 8.29. The van der Waals surface area contributed by atoms with Gasteiger partial charge in [-0.2, -0.15) is 5.10 Å². The van der Waals surface area contributed by atoms with E-state index in [0.717, 1.165) is 31.4 Å². The fraction of sp³-hybridized carbons (Fsp3) is 0.0667. The largest absolute Gasteiger partial charge is 0.495 e. The van der Waals surface area contributed by atoms with Crippen LogP contribution in [0.25, 0.3) is 21.5 Å². The molecule has 9 heteroatoms. The van der Waals surface area contributed by atoms with Crippen molar-refractivity contribution in [1.29, 1.82) is 0 Å². The average molecular weight is 603 g/mol. The van der Waals surface area contributed by atoms with Gasteiger partial charge in [0, 0.05) is 10.0 Å². The molecule has 5 aromatic rings. The lowest BCUT2D eigenvalue weighted by Crippen LogP contribution is -2.39. The summed E-state index contributed by atoms with van der Waals surface area (Å²) in [5.74, 6) is -0.433. The molecule has 0 aromatic heterocycles. The van der Waals surface area contributed by atoms with Crippen LogP contribution in [0.4, 0.5) is 5.69 Å². The fourth-order valence-electron chi connectivity index (χ4n) is 4.40. The molecule has 39 heavy (non-hydrogen) atoms. The standard InChI is InChI=1S/C30H24BrN3O4S/c1-38-28-16-15-23(31)18-29(28)39(36,37)34(24-11-3-2-4-12-24)20-30(35)33-32-19-27-25-13-7-5-9-21(25)17-22-10-6-8-14-26(22)27/h2-19H,20H2,1H3,(H,33,35)/b32-19-. The van der Waals surface area contributed by atoms with Gasteiger partial charge in [0.1, 0.15) is 17.2 Å². The first-order chi connectivity index (χ1) is 18.9. The molecule has 0 aliphatic carbocycles. The number of anilines is 1. The van der Waals surface area contributed by atoms with Gasteiger partial charge in [-0.05, 0) is 57.9 Å². The molecule has 0 heterocycles. The second kappa shape index (κ2) is 11.3. The highest BCUT2D eigenvalue weighted by Gasteiger charge is 2.30. The first-order valence-electron chi connectivity index (χ1n) is 12.0. The molecule has 1 amide bonds. The Bertz CT molecular complexity index is 1750. The highest BCUT2D eigenvalue weighted by molar-refractivity contribution is 9.10. The van der Waals surface area contributed by atoms with Gasteiger partial charge < -0.3 is 4.74 Å². The van der Waals surface area contributed by atoms with Crippen LogP contribution in [-0.4, -0.2) is 34.2 Å². The number of nitrogens with one attached hydrogen (secondary N) is 1. The Kier molecular flexibility index (Phi) is 7.63. The number of halogens is 1. The van der Waals surface area contributed by atoms with Crippen LogP contribution in [0.2, 0.25) is 0 Å². The summed E-state index contributed by atoms with van der Waals surface area (Å²) in [7, 11) is -2.79. The minimum Gasteiger partial charge on any atom is -0.495 e. The van der Waals surface area contributed by atoms with Crippen molar-refractivity contribution in [3.8, 4) is 5.75 Å². The van der Waals surface area contributed by atoms with Crippen molar-refractivity contribution in [1.82, 2.24) is 5.43 Å². The molecule has 0 aliphatic rings. The van der Waals surface area contributed by atoms with Gasteiger partial charge in [-0.1, -0.05) is 82.7 Å². The zero-order valence-corrected chi connectivity index (χ0v) is 23.3. The zero-order chi connectivity index (χ0) is 27.4. The third-order valence-electron chi connectivity index (χ3n) is 6.22. The Labute approximate surface area is 234 Å². The number of hydrogen-bond donors (Lipinski definition) is 1.